The van der Waals surface area contributed by atoms with Crippen LogP contribution in [0.15, 0.2) is 24.3 Å². The fourth-order valence-corrected chi connectivity index (χ4v) is 3.45. The summed E-state index contributed by atoms with van der Waals surface area (Å²) in [5, 5.41) is 10.7. The first-order chi connectivity index (χ1) is 11.6. The third-order valence-corrected chi connectivity index (χ3v) is 4.77. The molecule has 2 aliphatic heterocycles. The summed E-state index contributed by atoms with van der Waals surface area (Å²) < 4.78 is 5.37. The molecule has 3 rings (SSSR count). The molecule has 1 atom stereocenters. The lowest BCUT2D eigenvalue weighted by atomic mass is 10.1. The highest BCUT2D eigenvalue weighted by Crippen LogP contribution is 2.21. The zero-order valence-corrected chi connectivity index (χ0v) is 13.7. The van der Waals surface area contributed by atoms with Gasteiger partial charge in [0.25, 0.3) is 5.69 Å². The van der Waals surface area contributed by atoms with Gasteiger partial charge >= 0.3 is 0 Å². The summed E-state index contributed by atoms with van der Waals surface area (Å²) in [4.78, 5) is 27.3. The Balaban J connectivity index is 1.57. The van der Waals surface area contributed by atoms with Crippen molar-refractivity contribution in [3.8, 4) is 0 Å². The first-order valence-electron chi connectivity index (χ1n) is 8.46. The van der Waals surface area contributed by atoms with E-state index in [9.17, 15) is 14.9 Å². The number of nitrogens with zero attached hydrogens (tertiary/aromatic N) is 3. The van der Waals surface area contributed by atoms with E-state index in [2.05, 4.69) is 4.90 Å². The number of non-ortho nitro benzene ring substituents is 1. The third-order valence-electron chi connectivity index (χ3n) is 4.77. The van der Waals surface area contributed by atoms with Crippen LogP contribution in [0.3, 0.4) is 0 Å². The average molecular weight is 333 g/mol. The normalized spacial score (nSPS) is 21.8. The van der Waals surface area contributed by atoms with Gasteiger partial charge in [-0.15, -0.1) is 0 Å². The fourth-order valence-electron chi connectivity index (χ4n) is 3.45. The van der Waals surface area contributed by atoms with Crippen molar-refractivity contribution in [2.24, 2.45) is 0 Å². The number of ether oxygens (including phenoxy) is 1. The van der Waals surface area contributed by atoms with E-state index in [0.717, 1.165) is 57.8 Å². The number of carbonyl (C=O) groups excluding carboxylic acids is 1. The SMILES string of the molecule is O=C(Cc1ccc([N+](=O)[O-])cc1)N1CCC[C@@H]1CN1CCOCC1. The van der Waals surface area contributed by atoms with Gasteiger partial charge < -0.3 is 9.64 Å². The second-order valence-electron chi connectivity index (χ2n) is 6.40. The monoisotopic (exact) mass is 333 g/mol. The quantitative estimate of drug-likeness (QED) is 0.602. The van der Waals surface area contributed by atoms with Crippen LogP contribution in [0.2, 0.25) is 0 Å². The Kier molecular flexibility index (Phi) is 5.42. The van der Waals surface area contributed by atoms with E-state index in [4.69, 9.17) is 4.74 Å². The first-order valence-corrected chi connectivity index (χ1v) is 8.46. The zero-order valence-electron chi connectivity index (χ0n) is 13.7. The minimum atomic E-state index is -0.426. The van der Waals surface area contributed by atoms with Gasteiger partial charge in [-0.1, -0.05) is 12.1 Å². The van der Waals surface area contributed by atoms with Crippen LogP contribution in [0.25, 0.3) is 0 Å². The number of morpholine rings is 1. The number of hydrogen-bond acceptors (Lipinski definition) is 5. The van der Waals surface area contributed by atoms with Crippen LogP contribution in [0.4, 0.5) is 5.69 Å². The van der Waals surface area contributed by atoms with Crippen molar-refractivity contribution in [2.75, 3.05) is 39.4 Å². The number of nitro groups is 1. The molecule has 0 unspecified atom stereocenters. The number of benzene rings is 1. The van der Waals surface area contributed by atoms with E-state index < -0.39 is 4.92 Å². The van der Waals surface area contributed by atoms with E-state index in [1.54, 1.807) is 12.1 Å². The van der Waals surface area contributed by atoms with Crippen LogP contribution in [0.1, 0.15) is 18.4 Å². The molecule has 0 radical (unpaired) electrons. The van der Waals surface area contributed by atoms with Crippen LogP contribution < -0.4 is 0 Å². The van der Waals surface area contributed by atoms with E-state index in [-0.39, 0.29) is 17.6 Å². The second kappa shape index (κ2) is 7.72. The number of hydrogen-bond donors (Lipinski definition) is 0. The molecular weight excluding hydrogens is 310 g/mol. The molecule has 0 spiro atoms. The molecule has 130 valence electrons. The zero-order chi connectivity index (χ0) is 16.9. The van der Waals surface area contributed by atoms with Gasteiger partial charge in [0, 0.05) is 44.4 Å². The maximum atomic E-state index is 12.6. The molecule has 2 aliphatic rings. The standard InChI is InChI=1S/C17H23N3O4/c21-17(12-14-3-5-15(6-4-14)20(22)23)19-7-1-2-16(19)13-18-8-10-24-11-9-18/h3-6,16H,1-2,7-13H2/t16-/m1/s1. The summed E-state index contributed by atoms with van der Waals surface area (Å²) in [6, 6.07) is 6.52. The Bertz CT molecular complexity index is 584. The van der Waals surface area contributed by atoms with E-state index in [0.29, 0.717) is 6.42 Å². The van der Waals surface area contributed by atoms with Crippen molar-refractivity contribution in [3.63, 3.8) is 0 Å². The second-order valence-corrected chi connectivity index (χ2v) is 6.40. The van der Waals surface area contributed by atoms with Gasteiger partial charge in [0.2, 0.25) is 5.91 Å². The summed E-state index contributed by atoms with van der Waals surface area (Å²) in [5.74, 6) is 0.111. The maximum Gasteiger partial charge on any atom is 0.269 e. The van der Waals surface area contributed by atoms with E-state index in [1.165, 1.54) is 12.1 Å². The van der Waals surface area contributed by atoms with Gasteiger partial charge in [-0.25, -0.2) is 0 Å². The summed E-state index contributed by atoms with van der Waals surface area (Å²) in [7, 11) is 0. The fraction of sp³-hybridized carbons (Fsp3) is 0.588. The number of amides is 1. The molecule has 2 heterocycles. The van der Waals surface area contributed by atoms with Crippen molar-refractivity contribution in [2.45, 2.75) is 25.3 Å². The Labute approximate surface area is 141 Å². The third kappa shape index (κ3) is 4.10. The Morgan fingerprint density at radius 1 is 1.21 bits per heavy atom. The maximum absolute atomic E-state index is 12.6. The summed E-state index contributed by atoms with van der Waals surface area (Å²) >= 11 is 0. The molecule has 1 aromatic carbocycles. The predicted octanol–water partition coefficient (Wildman–Crippen LogP) is 1.46. The number of carbonyl (C=O) groups is 1. The van der Waals surface area contributed by atoms with Crippen LogP contribution in [0.5, 0.6) is 0 Å². The molecule has 0 aliphatic carbocycles. The van der Waals surface area contributed by atoms with Gasteiger partial charge in [-0.05, 0) is 18.4 Å². The molecular formula is C17H23N3O4. The summed E-state index contributed by atoms with van der Waals surface area (Å²) in [6.07, 6.45) is 2.39. The molecule has 0 bridgehead atoms. The molecule has 0 N–H and O–H groups in total. The lowest BCUT2D eigenvalue weighted by Gasteiger charge is -2.33. The summed E-state index contributed by atoms with van der Waals surface area (Å²) in [5.41, 5.74) is 0.875. The lowest BCUT2D eigenvalue weighted by Crippen LogP contribution is -2.47. The first kappa shape index (κ1) is 16.9. The van der Waals surface area contributed by atoms with Gasteiger partial charge in [-0.2, -0.15) is 0 Å². The van der Waals surface area contributed by atoms with Crippen LogP contribution >= 0.6 is 0 Å². The molecule has 1 aromatic rings. The number of likely N-dealkylation sites (tertiary alicyclic amines) is 1. The van der Waals surface area contributed by atoms with Crippen molar-refractivity contribution in [3.05, 3.63) is 39.9 Å². The Morgan fingerprint density at radius 2 is 1.92 bits per heavy atom. The Morgan fingerprint density at radius 3 is 2.58 bits per heavy atom. The smallest absolute Gasteiger partial charge is 0.269 e. The highest BCUT2D eigenvalue weighted by Gasteiger charge is 2.30. The predicted molar refractivity (Wildman–Crippen MR) is 88.8 cm³/mol. The van der Waals surface area contributed by atoms with Crippen molar-refractivity contribution < 1.29 is 14.5 Å². The van der Waals surface area contributed by atoms with E-state index in [1.807, 2.05) is 4.90 Å². The van der Waals surface area contributed by atoms with Crippen molar-refractivity contribution in [1.29, 1.82) is 0 Å². The minimum Gasteiger partial charge on any atom is -0.379 e. The molecule has 0 saturated carbocycles. The van der Waals surface area contributed by atoms with Gasteiger partial charge in [0.15, 0.2) is 0 Å². The number of nitro benzene ring substituents is 1. The molecule has 7 heteroatoms. The van der Waals surface area contributed by atoms with Gasteiger partial charge in [-0.3, -0.25) is 19.8 Å². The van der Waals surface area contributed by atoms with Crippen LogP contribution in [-0.2, 0) is 16.0 Å². The van der Waals surface area contributed by atoms with Crippen LogP contribution in [-0.4, -0.2) is 66.1 Å². The lowest BCUT2D eigenvalue weighted by molar-refractivity contribution is -0.384. The van der Waals surface area contributed by atoms with Gasteiger partial charge in [0.05, 0.1) is 24.6 Å². The van der Waals surface area contributed by atoms with Crippen LogP contribution in [0, 0.1) is 10.1 Å². The average Bonchev–Trinajstić information content (AvgIpc) is 3.04. The molecule has 24 heavy (non-hydrogen) atoms. The minimum absolute atomic E-state index is 0.0533. The van der Waals surface area contributed by atoms with E-state index >= 15 is 0 Å². The topological polar surface area (TPSA) is 75.9 Å². The highest BCUT2D eigenvalue weighted by molar-refractivity contribution is 5.79. The molecule has 7 nitrogen and oxygen atoms in total. The van der Waals surface area contributed by atoms with Crippen molar-refractivity contribution in [1.82, 2.24) is 9.80 Å². The largest absolute Gasteiger partial charge is 0.379 e. The molecule has 1 amide bonds. The van der Waals surface area contributed by atoms with Crippen molar-refractivity contribution >= 4 is 11.6 Å². The molecule has 0 aromatic heterocycles. The van der Waals surface area contributed by atoms with Gasteiger partial charge in [0.1, 0.15) is 0 Å². The highest BCUT2D eigenvalue weighted by atomic mass is 16.6. The number of rotatable bonds is 5. The molecule has 2 saturated heterocycles. The summed E-state index contributed by atoms with van der Waals surface area (Å²) in [6.45, 7) is 5.12. The molecule has 2 fully saturated rings. The Hall–Kier alpha value is -1.99.